The SMILES string of the molecule is CCC(C)NC(=O)CNc1c(F)cc(F)cc1F. The Kier molecular flexibility index (Phi) is 5.00. The number of benzene rings is 1. The zero-order valence-corrected chi connectivity index (χ0v) is 10.2. The Balaban J connectivity index is 2.61. The minimum absolute atomic E-state index is 0.0118. The summed E-state index contributed by atoms with van der Waals surface area (Å²) in [6.45, 7) is 3.44. The minimum atomic E-state index is -1.07. The van der Waals surface area contributed by atoms with Gasteiger partial charge in [0.15, 0.2) is 11.6 Å². The van der Waals surface area contributed by atoms with Gasteiger partial charge in [-0.25, -0.2) is 13.2 Å². The molecule has 1 aromatic carbocycles. The highest BCUT2D eigenvalue weighted by Crippen LogP contribution is 2.19. The van der Waals surface area contributed by atoms with Gasteiger partial charge in [0.1, 0.15) is 11.5 Å². The van der Waals surface area contributed by atoms with E-state index in [0.717, 1.165) is 6.42 Å². The lowest BCUT2D eigenvalue weighted by Crippen LogP contribution is -2.36. The summed E-state index contributed by atoms with van der Waals surface area (Å²) in [6.07, 6.45) is 0.755. The molecule has 1 rings (SSSR count). The summed E-state index contributed by atoms with van der Waals surface area (Å²) in [4.78, 5) is 11.4. The Morgan fingerprint density at radius 2 is 1.83 bits per heavy atom. The van der Waals surface area contributed by atoms with Crippen LogP contribution in [0.15, 0.2) is 12.1 Å². The van der Waals surface area contributed by atoms with Gasteiger partial charge in [-0.2, -0.15) is 0 Å². The fourth-order valence-electron chi connectivity index (χ4n) is 1.31. The third-order valence-corrected chi connectivity index (χ3v) is 2.45. The predicted octanol–water partition coefficient (Wildman–Crippen LogP) is 2.43. The molecule has 18 heavy (non-hydrogen) atoms. The van der Waals surface area contributed by atoms with Crippen LogP contribution >= 0.6 is 0 Å². The molecule has 1 unspecified atom stereocenters. The van der Waals surface area contributed by atoms with Gasteiger partial charge in [0.05, 0.1) is 6.54 Å². The highest BCUT2D eigenvalue weighted by atomic mass is 19.1. The molecule has 100 valence electrons. The van der Waals surface area contributed by atoms with Crippen LogP contribution in [0.3, 0.4) is 0 Å². The smallest absolute Gasteiger partial charge is 0.239 e. The second kappa shape index (κ2) is 6.28. The summed E-state index contributed by atoms with van der Waals surface area (Å²) in [5.74, 6) is -3.51. The molecule has 1 amide bonds. The van der Waals surface area contributed by atoms with Crippen LogP contribution in [-0.2, 0) is 4.79 Å². The molecular weight excluding hydrogens is 245 g/mol. The first kappa shape index (κ1) is 14.3. The van der Waals surface area contributed by atoms with Crippen molar-refractivity contribution in [2.75, 3.05) is 11.9 Å². The van der Waals surface area contributed by atoms with Gasteiger partial charge in [-0.15, -0.1) is 0 Å². The van der Waals surface area contributed by atoms with Crippen LogP contribution in [0, 0.1) is 17.5 Å². The minimum Gasteiger partial charge on any atom is -0.371 e. The summed E-state index contributed by atoms with van der Waals surface area (Å²) < 4.78 is 39.1. The van der Waals surface area contributed by atoms with Crippen molar-refractivity contribution in [2.45, 2.75) is 26.3 Å². The number of halogens is 3. The van der Waals surface area contributed by atoms with Crippen LogP contribution in [0.25, 0.3) is 0 Å². The maximum Gasteiger partial charge on any atom is 0.239 e. The second-order valence-corrected chi connectivity index (χ2v) is 3.97. The molecule has 0 bridgehead atoms. The molecule has 0 aliphatic rings. The van der Waals surface area contributed by atoms with E-state index in [9.17, 15) is 18.0 Å². The molecule has 0 aromatic heterocycles. The molecule has 0 saturated heterocycles. The van der Waals surface area contributed by atoms with Crippen molar-refractivity contribution in [3.63, 3.8) is 0 Å². The maximum atomic E-state index is 13.2. The van der Waals surface area contributed by atoms with E-state index in [4.69, 9.17) is 0 Å². The van der Waals surface area contributed by atoms with Gasteiger partial charge in [-0.05, 0) is 13.3 Å². The largest absolute Gasteiger partial charge is 0.371 e. The van der Waals surface area contributed by atoms with E-state index in [1.165, 1.54) is 0 Å². The highest BCUT2D eigenvalue weighted by Gasteiger charge is 2.12. The first-order valence-corrected chi connectivity index (χ1v) is 5.61. The number of rotatable bonds is 5. The van der Waals surface area contributed by atoms with Crippen LogP contribution in [0.5, 0.6) is 0 Å². The lowest BCUT2D eigenvalue weighted by atomic mass is 10.2. The van der Waals surface area contributed by atoms with Crippen LogP contribution in [0.4, 0.5) is 18.9 Å². The topological polar surface area (TPSA) is 41.1 Å². The molecule has 0 fully saturated rings. The van der Waals surface area contributed by atoms with Gasteiger partial charge in [-0.3, -0.25) is 4.79 Å². The zero-order chi connectivity index (χ0) is 13.7. The molecule has 0 aliphatic carbocycles. The van der Waals surface area contributed by atoms with E-state index in [0.29, 0.717) is 12.1 Å². The number of anilines is 1. The fourth-order valence-corrected chi connectivity index (χ4v) is 1.31. The number of amides is 1. The summed E-state index contributed by atoms with van der Waals surface area (Å²) in [7, 11) is 0. The van der Waals surface area contributed by atoms with Crippen molar-refractivity contribution < 1.29 is 18.0 Å². The standard InChI is InChI=1S/C12H15F3N2O/c1-3-7(2)17-11(18)6-16-12-9(14)4-8(13)5-10(12)15/h4-5,7,16H,3,6H2,1-2H3,(H,17,18). The molecule has 1 aromatic rings. The number of nitrogens with one attached hydrogen (secondary N) is 2. The maximum absolute atomic E-state index is 13.2. The van der Waals surface area contributed by atoms with E-state index in [1.54, 1.807) is 0 Å². The van der Waals surface area contributed by atoms with Gasteiger partial charge in [0, 0.05) is 18.2 Å². The summed E-state index contributed by atoms with van der Waals surface area (Å²) in [5, 5.41) is 4.94. The predicted molar refractivity (Wildman–Crippen MR) is 62.7 cm³/mol. The molecule has 0 radical (unpaired) electrons. The molecule has 3 nitrogen and oxygen atoms in total. The van der Waals surface area contributed by atoms with Gasteiger partial charge in [0.2, 0.25) is 5.91 Å². The molecule has 0 aliphatic heterocycles. The fraction of sp³-hybridized carbons (Fsp3) is 0.417. The normalized spacial score (nSPS) is 12.1. The third kappa shape index (κ3) is 3.94. The van der Waals surface area contributed by atoms with Crippen molar-refractivity contribution in [3.05, 3.63) is 29.6 Å². The highest BCUT2D eigenvalue weighted by molar-refractivity contribution is 5.81. The molecule has 1 atom stereocenters. The lowest BCUT2D eigenvalue weighted by Gasteiger charge is -2.13. The van der Waals surface area contributed by atoms with E-state index >= 15 is 0 Å². The molecule has 0 heterocycles. The number of carbonyl (C=O) groups is 1. The monoisotopic (exact) mass is 260 g/mol. The molecule has 2 N–H and O–H groups in total. The van der Waals surface area contributed by atoms with Crippen LogP contribution in [-0.4, -0.2) is 18.5 Å². The quantitative estimate of drug-likeness (QED) is 0.853. The van der Waals surface area contributed by atoms with E-state index in [-0.39, 0.29) is 18.5 Å². The Labute approximate surface area is 103 Å². The first-order valence-electron chi connectivity index (χ1n) is 5.61. The molecule has 0 spiro atoms. The Bertz CT molecular complexity index is 414. The summed E-state index contributed by atoms with van der Waals surface area (Å²) >= 11 is 0. The lowest BCUT2D eigenvalue weighted by molar-refractivity contribution is -0.120. The zero-order valence-electron chi connectivity index (χ0n) is 10.2. The first-order chi connectivity index (χ1) is 8.43. The average molecular weight is 260 g/mol. The third-order valence-electron chi connectivity index (χ3n) is 2.45. The molecule has 6 heteroatoms. The Morgan fingerprint density at radius 1 is 1.28 bits per heavy atom. The Hall–Kier alpha value is -1.72. The van der Waals surface area contributed by atoms with Crippen LogP contribution in [0.2, 0.25) is 0 Å². The number of hydrogen-bond acceptors (Lipinski definition) is 2. The van der Waals surface area contributed by atoms with Crippen molar-refractivity contribution >= 4 is 11.6 Å². The van der Waals surface area contributed by atoms with Gasteiger partial charge >= 0.3 is 0 Å². The second-order valence-electron chi connectivity index (χ2n) is 3.97. The summed E-state index contributed by atoms with van der Waals surface area (Å²) in [5.41, 5.74) is -0.504. The van der Waals surface area contributed by atoms with Crippen molar-refractivity contribution in [3.8, 4) is 0 Å². The van der Waals surface area contributed by atoms with E-state index in [1.807, 2.05) is 13.8 Å². The van der Waals surface area contributed by atoms with Crippen LogP contribution in [0.1, 0.15) is 20.3 Å². The van der Waals surface area contributed by atoms with Gasteiger partial charge in [0.25, 0.3) is 0 Å². The van der Waals surface area contributed by atoms with Crippen molar-refractivity contribution in [2.24, 2.45) is 0 Å². The Morgan fingerprint density at radius 3 is 2.33 bits per heavy atom. The number of hydrogen-bond donors (Lipinski definition) is 2. The van der Waals surface area contributed by atoms with Gasteiger partial charge < -0.3 is 10.6 Å². The summed E-state index contributed by atoms with van der Waals surface area (Å²) in [6, 6.07) is 1.10. The number of carbonyl (C=O) groups excluding carboxylic acids is 1. The average Bonchev–Trinajstić information content (AvgIpc) is 2.27. The van der Waals surface area contributed by atoms with Crippen LogP contribution < -0.4 is 10.6 Å². The van der Waals surface area contributed by atoms with Gasteiger partial charge in [-0.1, -0.05) is 6.92 Å². The van der Waals surface area contributed by atoms with Crippen molar-refractivity contribution in [1.29, 1.82) is 0 Å². The van der Waals surface area contributed by atoms with Crippen molar-refractivity contribution in [1.82, 2.24) is 5.32 Å². The van der Waals surface area contributed by atoms with E-state index < -0.39 is 23.1 Å². The molecule has 0 saturated carbocycles. The van der Waals surface area contributed by atoms with E-state index in [2.05, 4.69) is 10.6 Å². The molecular formula is C12H15F3N2O.